The zero-order valence-corrected chi connectivity index (χ0v) is 12.6. The Bertz CT molecular complexity index is 572. The molecule has 1 saturated carbocycles. The van der Waals surface area contributed by atoms with Gasteiger partial charge in [0, 0.05) is 24.9 Å². The molecular weight excluding hydrogens is 268 g/mol. The summed E-state index contributed by atoms with van der Waals surface area (Å²) in [6, 6.07) is 0. The van der Waals surface area contributed by atoms with Gasteiger partial charge in [-0.15, -0.1) is 0 Å². The minimum Gasteiger partial charge on any atom is -0.310 e. The SMILES string of the molecule is C[C@@H]1Cc2c(NC(=O)CC3CCCC3)nn(C)c2NC1=O. The van der Waals surface area contributed by atoms with Crippen molar-refractivity contribution < 1.29 is 9.59 Å². The van der Waals surface area contributed by atoms with Crippen molar-refractivity contribution in [2.75, 3.05) is 10.6 Å². The minimum absolute atomic E-state index is 0.00864. The fraction of sp³-hybridized carbons (Fsp3) is 0.667. The van der Waals surface area contributed by atoms with Crippen LogP contribution in [0, 0.1) is 11.8 Å². The van der Waals surface area contributed by atoms with Gasteiger partial charge in [0.2, 0.25) is 11.8 Å². The van der Waals surface area contributed by atoms with Crippen molar-refractivity contribution in [3.8, 4) is 0 Å². The highest BCUT2D eigenvalue weighted by molar-refractivity contribution is 5.97. The van der Waals surface area contributed by atoms with Gasteiger partial charge in [-0.3, -0.25) is 14.3 Å². The van der Waals surface area contributed by atoms with Crippen LogP contribution in [0.25, 0.3) is 0 Å². The van der Waals surface area contributed by atoms with Crippen LogP contribution in [0.4, 0.5) is 11.6 Å². The predicted molar refractivity (Wildman–Crippen MR) is 79.9 cm³/mol. The molecule has 0 aromatic carbocycles. The van der Waals surface area contributed by atoms with Crippen molar-refractivity contribution in [2.45, 2.75) is 45.4 Å². The van der Waals surface area contributed by atoms with Crippen LogP contribution in [0.5, 0.6) is 0 Å². The molecule has 1 aromatic heterocycles. The third-order valence-electron chi connectivity index (χ3n) is 4.55. The zero-order chi connectivity index (χ0) is 15.0. The molecule has 0 radical (unpaired) electrons. The molecular formula is C15H22N4O2. The number of hydrogen-bond acceptors (Lipinski definition) is 3. The Balaban J connectivity index is 1.72. The molecule has 1 aliphatic heterocycles. The standard InChI is InChI=1S/C15H22N4O2/c1-9-7-11-13(18-19(2)14(11)17-15(9)21)16-12(20)8-10-5-3-4-6-10/h9-10H,3-8H2,1-2H3,(H,17,21)(H,16,18,20)/t9-/m1/s1. The summed E-state index contributed by atoms with van der Waals surface area (Å²) < 4.78 is 1.63. The molecule has 0 bridgehead atoms. The van der Waals surface area contributed by atoms with Gasteiger partial charge in [-0.25, -0.2) is 0 Å². The molecule has 2 aliphatic rings. The Morgan fingerprint density at radius 3 is 2.86 bits per heavy atom. The van der Waals surface area contributed by atoms with E-state index in [0.29, 0.717) is 30.4 Å². The summed E-state index contributed by atoms with van der Waals surface area (Å²) in [5.41, 5.74) is 0.935. The monoisotopic (exact) mass is 290 g/mol. The largest absolute Gasteiger partial charge is 0.310 e. The van der Waals surface area contributed by atoms with E-state index in [1.54, 1.807) is 11.7 Å². The third-order valence-corrected chi connectivity index (χ3v) is 4.55. The highest BCUT2D eigenvalue weighted by atomic mass is 16.2. The van der Waals surface area contributed by atoms with Crippen molar-refractivity contribution >= 4 is 23.5 Å². The number of fused-ring (bicyclic) bond motifs is 1. The lowest BCUT2D eigenvalue weighted by atomic mass is 9.97. The highest BCUT2D eigenvalue weighted by Crippen LogP contribution is 2.32. The first-order valence-corrected chi connectivity index (χ1v) is 7.71. The zero-order valence-electron chi connectivity index (χ0n) is 12.6. The smallest absolute Gasteiger partial charge is 0.228 e. The molecule has 0 unspecified atom stereocenters. The topological polar surface area (TPSA) is 76.0 Å². The number of anilines is 2. The van der Waals surface area contributed by atoms with Gasteiger partial charge in [0.15, 0.2) is 5.82 Å². The maximum Gasteiger partial charge on any atom is 0.228 e. The Labute approximate surface area is 124 Å². The van der Waals surface area contributed by atoms with Crippen molar-refractivity contribution in [1.29, 1.82) is 0 Å². The first kappa shape index (κ1) is 14.1. The molecule has 1 aliphatic carbocycles. The van der Waals surface area contributed by atoms with Crippen LogP contribution in [0.2, 0.25) is 0 Å². The molecule has 6 heteroatoms. The number of carbonyl (C=O) groups is 2. The maximum atomic E-state index is 12.2. The van der Waals surface area contributed by atoms with E-state index in [1.165, 1.54) is 12.8 Å². The van der Waals surface area contributed by atoms with Gasteiger partial charge in [0.05, 0.1) is 0 Å². The van der Waals surface area contributed by atoms with E-state index in [0.717, 1.165) is 18.4 Å². The van der Waals surface area contributed by atoms with E-state index in [-0.39, 0.29) is 17.7 Å². The summed E-state index contributed by atoms with van der Waals surface area (Å²) in [7, 11) is 1.78. The summed E-state index contributed by atoms with van der Waals surface area (Å²) >= 11 is 0. The number of nitrogens with one attached hydrogen (secondary N) is 2. The van der Waals surface area contributed by atoms with Crippen molar-refractivity contribution in [2.24, 2.45) is 18.9 Å². The van der Waals surface area contributed by atoms with E-state index in [1.807, 2.05) is 6.92 Å². The highest BCUT2D eigenvalue weighted by Gasteiger charge is 2.29. The van der Waals surface area contributed by atoms with Gasteiger partial charge in [-0.1, -0.05) is 19.8 Å². The Hall–Kier alpha value is -1.85. The maximum absolute atomic E-state index is 12.2. The van der Waals surface area contributed by atoms with E-state index >= 15 is 0 Å². The summed E-state index contributed by atoms with van der Waals surface area (Å²) in [4.78, 5) is 23.9. The van der Waals surface area contributed by atoms with E-state index in [4.69, 9.17) is 0 Å². The summed E-state index contributed by atoms with van der Waals surface area (Å²) in [6.45, 7) is 1.88. The molecule has 2 heterocycles. The summed E-state index contributed by atoms with van der Waals surface area (Å²) in [5.74, 6) is 1.77. The first-order chi connectivity index (χ1) is 10.0. The van der Waals surface area contributed by atoms with Gasteiger partial charge in [0.25, 0.3) is 0 Å². The van der Waals surface area contributed by atoms with Gasteiger partial charge in [-0.05, 0) is 25.2 Å². The average molecular weight is 290 g/mol. The number of amides is 2. The van der Waals surface area contributed by atoms with Crippen LogP contribution >= 0.6 is 0 Å². The molecule has 0 spiro atoms. The second-order valence-electron chi connectivity index (χ2n) is 6.30. The van der Waals surface area contributed by atoms with Gasteiger partial charge in [0.1, 0.15) is 5.82 Å². The molecule has 2 amide bonds. The van der Waals surface area contributed by atoms with Gasteiger partial charge >= 0.3 is 0 Å². The number of hydrogen-bond donors (Lipinski definition) is 2. The van der Waals surface area contributed by atoms with Crippen LogP contribution in [0.3, 0.4) is 0 Å². The predicted octanol–water partition coefficient (Wildman–Crippen LogP) is 2.07. The number of aryl methyl sites for hydroxylation is 1. The second kappa shape index (κ2) is 5.50. The summed E-state index contributed by atoms with van der Waals surface area (Å²) in [6.07, 6.45) is 5.98. The van der Waals surface area contributed by atoms with E-state index < -0.39 is 0 Å². The van der Waals surface area contributed by atoms with Crippen molar-refractivity contribution in [3.05, 3.63) is 5.56 Å². The van der Waals surface area contributed by atoms with E-state index in [9.17, 15) is 9.59 Å². The fourth-order valence-corrected chi connectivity index (χ4v) is 3.32. The lowest BCUT2D eigenvalue weighted by Crippen LogP contribution is -2.28. The molecule has 0 saturated heterocycles. The molecule has 1 atom stereocenters. The number of rotatable bonds is 3. The van der Waals surface area contributed by atoms with Crippen molar-refractivity contribution in [3.63, 3.8) is 0 Å². The lowest BCUT2D eigenvalue weighted by molar-refractivity contribution is -0.119. The third kappa shape index (κ3) is 2.80. The van der Waals surface area contributed by atoms with Gasteiger partial charge < -0.3 is 10.6 Å². The number of aromatic nitrogens is 2. The molecule has 6 nitrogen and oxygen atoms in total. The normalized spacial score (nSPS) is 22.0. The lowest BCUT2D eigenvalue weighted by Gasteiger charge is -2.19. The van der Waals surface area contributed by atoms with Crippen LogP contribution in [0.15, 0.2) is 0 Å². The minimum atomic E-state index is -0.0906. The number of nitrogens with zero attached hydrogens (tertiary/aromatic N) is 2. The fourth-order valence-electron chi connectivity index (χ4n) is 3.32. The van der Waals surface area contributed by atoms with Crippen molar-refractivity contribution in [1.82, 2.24) is 9.78 Å². The number of carbonyl (C=O) groups excluding carboxylic acids is 2. The average Bonchev–Trinajstić information content (AvgIpc) is 3.01. The molecule has 3 rings (SSSR count). The van der Waals surface area contributed by atoms with Crippen LogP contribution in [0.1, 0.15) is 44.6 Å². The van der Waals surface area contributed by atoms with Crippen LogP contribution in [-0.2, 0) is 23.1 Å². The molecule has 1 aromatic rings. The molecule has 114 valence electrons. The van der Waals surface area contributed by atoms with Crippen LogP contribution < -0.4 is 10.6 Å². The second-order valence-corrected chi connectivity index (χ2v) is 6.30. The Morgan fingerprint density at radius 2 is 2.14 bits per heavy atom. The quantitative estimate of drug-likeness (QED) is 0.894. The van der Waals surface area contributed by atoms with Crippen LogP contribution in [-0.4, -0.2) is 21.6 Å². The van der Waals surface area contributed by atoms with Gasteiger partial charge in [-0.2, -0.15) is 5.10 Å². The molecule has 1 fully saturated rings. The first-order valence-electron chi connectivity index (χ1n) is 7.71. The Kier molecular flexibility index (Phi) is 3.69. The summed E-state index contributed by atoms with van der Waals surface area (Å²) in [5, 5.41) is 10.1. The van der Waals surface area contributed by atoms with E-state index in [2.05, 4.69) is 15.7 Å². The molecule has 2 N–H and O–H groups in total. The Morgan fingerprint density at radius 1 is 1.43 bits per heavy atom. The molecule has 21 heavy (non-hydrogen) atoms.